The number of nitrogens with one attached hydrogen (secondary N) is 1. The molecule has 4 N–H and O–H groups in total. The summed E-state index contributed by atoms with van der Waals surface area (Å²) in [5.41, 5.74) is 6.50. The molecule has 1 atom stereocenters. The first kappa shape index (κ1) is 15.3. The number of benzene rings is 2. The van der Waals surface area contributed by atoms with E-state index in [-0.39, 0.29) is 17.1 Å². The lowest BCUT2D eigenvalue weighted by atomic mass is 10.1. The zero-order valence-corrected chi connectivity index (χ0v) is 11.8. The van der Waals surface area contributed by atoms with E-state index in [2.05, 4.69) is 5.32 Å². The van der Waals surface area contributed by atoms with Crippen LogP contribution in [0.15, 0.2) is 42.5 Å². The molecule has 0 aromatic heterocycles. The fourth-order valence-corrected chi connectivity index (χ4v) is 2.08. The van der Waals surface area contributed by atoms with E-state index in [4.69, 9.17) is 17.3 Å². The van der Waals surface area contributed by atoms with E-state index in [1.54, 1.807) is 24.3 Å². The van der Waals surface area contributed by atoms with E-state index >= 15 is 0 Å². The first-order valence-corrected chi connectivity index (χ1v) is 6.62. The molecule has 1 amide bonds. The Kier molecular flexibility index (Phi) is 4.77. The van der Waals surface area contributed by atoms with Crippen LogP contribution in [0.2, 0.25) is 5.02 Å². The molecule has 0 aliphatic rings. The SMILES string of the molecule is Nc1ccc(C(O)CNC(=O)c2c(F)cccc2Cl)cc1. The average molecular weight is 309 g/mol. The lowest BCUT2D eigenvalue weighted by Crippen LogP contribution is -2.29. The number of aliphatic hydroxyl groups is 1. The molecule has 21 heavy (non-hydrogen) atoms. The summed E-state index contributed by atoms with van der Waals surface area (Å²) >= 11 is 5.80. The number of carbonyl (C=O) groups is 1. The zero-order valence-electron chi connectivity index (χ0n) is 11.0. The molecule has 0 fully saturated rings. The van der Waals surface area contributed by atoms with E-state index < -0.39 is 17.8 Å². The Balaban J connectivity index is 2.02. The van der Waals surface area contributed by atoms with Crippen molar-refractivity contribution < 1.29 is 14.3 Å². The summed E-state index contributed by atoms with van der Waals surface area (Å²) in [7, 11) is 0. The van der Waals surface area contributed by atoms with Crippen LogP contribution in [0.3, 0.4) is 0 Å². The number of nitrogens with two attached hydrogens (primary N) is 1. The number of hydrogen-bond donors (Lipinski definition) is 3. The van der Waals surface area contributed by atoms with Crippen molar-refractivity contribution in [3.05, 3.63) is 64.4 Å². The molecule has 4 nitrogen and oxygen atoms in total. The Hall–Kier alpha value is -2.11. The first-order chi connectivity index (χ1) is 9.99. The van der Waals surface area contributed by atoms with Crippen LogP contribution in [-0.2, 0) is 0 Å². The van der Waals surface area contributed by atoms with Crippen molar-refractivity contribution in [3.63, 3.8) is 0 Å². The van der Waals surface area contributed by atoms with Crippen LogP contribution < -0.4 is 11.1 Å². The third kappa shape index (κ3) is 3.71. The Bertz CT molecular complexity index is 626. The molecule has 2 rings (SSSR count). The van der Waals surface area contributed by atoms with Gasteiger partial charge in [0.15, 0.2) is 0 Å². The predicted molar refractivity (Wildman–Crippen MR) is 79.6 cm³/mol. The minimum Gasteiger partial charge on any atom is -0.399 e. The van der Waals surface area contributed by atoms with Crippen molar-refractivity contribution in [1.82, 2.24) is 5.32 Å². The van der Waals surface area contributed by atoms with Crippen LogP contribution in [0.4, 0.5) is 10.1 Å². The highest BCUT2D eigenvalue weighted by Gasteiger charge is 2.17. The van der Waals surface area contributed by atoms with Gasteiger partial charge in [-0.2, -0.15) is 0 Å². The third-order valence-electron chi connectivity index (χ3n) is 2.97. The molecular weight excluding hydrogens is 295 g/mol. The van der Waals surface area contributed by atoms with Crippen molar-refractivity contribution in [3.8, 4) is 0 Å². The number of hydrogen-bond acceptors (Lipinski definition) is 3. The fourth-order valence-electron chi connectivity index (χ4n) is 1.83. The molecule has 2 aromatic rings. The standard InChI is InChI=1S/C15H14ClFN2O2/c16-11-2-1-3-12(17)14(11)15(21)19-8-13(20)9-4-6-10(18)7-5-9/h1-7,13,20H,8,18H2,(H,19,21). The lowest BCUT2D eigenvalue weighted by molar-refractivity contribution is 0.0912. The van der Waals surface area contributed by atoms with Crippen LogP contribution in [0.1, 0.15) is 22.0 Å². The maximum absolute atomic E-state index is 13.6. The van der Waals surface area contributed by atoms with Gasteiger partial charge in [-0.05, 0) is 29.8 Å². The molecule has 2 aromatic carbocycles. The Morgan fingerprint density at radius 1 is 1.29 bits per heavy atom. The normalized spacial score (nSPS) is 12.0. The van der Waals surface area contributed by atoms with Crippen LogP contribution in [0.25, 0.3) is 0 Å². The van der Waals surface area contributed by atoms with Gasteiger partial charge in [0.25, 0.3) is 5.91 Å². The minimum absolute atomic E-state index is 0.0227. The topological polar surface area (TPSA) is 75.3 Å². The second-order valence-corrected chi connectivity index (χ2v) is 4.90. The van der Waals surface area contributed by atoms with Gasteiger partial charge < -0.3 is 16.2 Å². The van der Waals surface area contributed by atoms with Crippen LogP contribution in [-0.4, -0.2) is 17.6 Å². The smallest absolute Gasteiger partial charge is 0.255 e. The Labute approximate surface area is 126 Å². The van der Waals surface area contributed by atoms with E-state index in [9.17, 15) is 14.3 Å². The van der Waals surface area contributed by atoms with Gasteiger partial charge in [-0.15, -0.1) is 0 Å². The number of carbonyl (C=O) groups excluding carboxylic acids is 1. The third-order valence-corrected chi connectivity index (χ3v) is 3.28. The van der Waals surface area contributed by atoms with Gasteiger partial charge in [-0.1, -0.05) is 29.8 Å². The highest BCUT2D eigenvalue weighted by atomic mass is 35.5. The quantitative estimate of drug-likeness (QED) is 0.760. The number of nitrogen functional groups attached to an aromatic ring is 1. The molecular formula is C15H14ClFN2O2. The second-order valence-electron chi connectivity index (χ2n) is 4.49. The van der Waals surface area contributed by atoms with Gasteiger partial charge in [0.1, 0.15) is 5.82 Å². The van der Waals surface area contributed by atoms with Crippen molar-refractivity contribution in [1.29, 1.82) is 0 Å². The summed E-state index contributed by atoms with van der Waals surface area (Å²) in [4.78, 5) is 11.9. The molecule has 0 spiro atoms. The summed E-state index contributed by atoms with van der Waals surface area (Å²) < 4.78 is 13.6. The van der Waals surface area contributed by atoms with Crippen LogP contribution in [0.5, 0.6) is 0 Å². The maximum Gasteiger partial charge on any atom is 0.255 e. The second kappa shape index (κ2) is 6.56. The van der Waals surface area contributed by atoms with Gasteiger partial charge >= 0.3 is 0 Å². The van der Waals surface area contributed by atoms with Crippen molar-refractivity contribution in [2.75, 3.05) is 12.3 Å². The molecule has 6 heteroatoms. The minimum atomic E-state index is -0.917. The van der Waals surface area contributed by atoms with E-state index in [1.807, 2.05) is 0 Å². The van der Waals surface area contributed by atoms with E-state index in [0.29, 0.717) is 11.3 Å². The fraction of sp³-hybridized carbons (Fsp3) is 0.133. The van der Waals surface area contributed by atoms with E-state index in [1.165, 1.54) is 12.1 Å². The van der Waals surface area contributed by atoms with Crippen molar-refractivity contribution in [2.24, 2.45) is 0 Å². The summed E-state index contributed by atoms with van der Waals surface area (Å²) in [5.74, 6) is -1.38. The molecule has 0 heterocycles. The number of halogens is 2. The molecule has 0 saturated heterocycles. The van der Waals surface area contributed by atoms with Gasteiger partial charge in [-0.3, -0.25) is 4.79 Å². The molecule has 0 aliphatic carbocycles. The molecule has 0 saturated carbocycles. The van der Waals surface area contributed by atoms with Crippen LogP contribution in [0, 0.1) is 5.82 Å². The Morgan fingerprint density at radius 3 is 2.57 bits per heavy atom. The molecule has 0 bridgehead atoms. The molecule has 110 valence electrons. The van der Waals surface area contributed by atoms with Crippen molar-refractivity contribution in [2.45, 2.75) is 6.10 Å². The highest BCUT2D eigenvalue weighted by Crippen LogP contribution is 2.19. The Morgan fingerprint density at radius 2 is 1.95 bits per heavy atom. The van der Waals surface area contributed by atoms with Gasteiger partial charge in [-0.25, -0.2) is 4.39 Å². The number of aliphatic hydroxyl groups excluding tert-OH is 1. The van der Waals surface area contributed by atoms with E-state index in [0.717, 1.165) is 6.07 Å². The largest absolute Gasteiger partial charge is 0.399 e. The van der Waals surface area contributed by atoms with Gasteiger partial charge in [0.2, 0.25) is 0 Å². The summed E-state index contributed by atoms with van der Waals surface area (Å²) in [6, 6.07) is 10.6. The summed E-state index contributed by atoms with van der Waals surface area (Å²) in [6.07, 6.45) is -0.917. The number of amides is 1. The van der Waals surface area contributed by atoms with Gasteiger partial charge in [0.05, 0.1) is 16.7 Å². The van der Waals surface area contributed by atoms with Crippen molar-refractivity contribution >= 4 is 23.2 Å². The molecule has 0 radical (unpaired) electrons. The average Bonchev–Trinajstić information content (AvgIpc) is 2.45. The predicted octanol–water partition coefficient (Wildman–Crippen LogP) is 2.52. The molecule has 0 aliphatic heterocycles. The zero-order chi connectivity index (χ0) is 15.4. The number of anilines is 1. The highest BCUT2D eigenvalue weighted by molar-refractivity contribution is 6.33. The van der Waals surface area contributed by atoms with Crippen LogP contribution >= 0.6 is 11.6 Å². The first-order valence-electron chi connectivity index (χ1n) is 6.24. The number of rotatable bonds is 4. The monoisotopic (exact) mass is 308 g/mol. The lowest BCUT2D eigenvalue weighted by Gasteiger charge is -2.13. The maximum atomic E-state index is 13.6. The summed E-state index contributed by atoms with van der Waals surface area (Å²) in [6.45, 7) is -0.0621. The van der Waals surface area contributed by atoms with Gasteiger partial charge in [0, 0.05) is 12.2 Å². The summed E-state index contributed by atoms with van der Waals surface area (Å²) in [5, 5.41) is 12.4. The molecule has 1 unspecified atom stereocenters.